The molecule has 3 aromatic rings. The highest BCUT2D eigenvalue weighted by molar-refractivity contribution is 7.12. The van der Waals surface area contributed by atoms with Crippen LogP contribution < -0.4 is 10.4 Å². The fourth-order valence-electron chi connectivity index (χ4n) is 1.99. The molecule has 2 heterocycles. The van der Waals surface area contributed by atoms with Crippen molar-refractivity contribution >= 4 is 11.3 Å². The molecule has 0 saturated carbocycles. The quantitative estimate of drug-likeness (QED) is 0.710. The van der Waals surface area contributed by atoms with Gasteiger partial charge in [-0.1, -0.05) is 0 Å². The molecule has 1 atom stereocenters. The molecule has 0 unspecified atom stereocenters. The van der Waals surface area contributed by atoms with Crippen molar-refractivity contribution in [1.82, 2.24) is 19.8 Å². The number of thiophene rings is 1. The van der Waals surface area contributed by atoms with Gasteiger partial charge >= 0.3 is 5.69 Å². The second-order valence-electron chi connectivity index (χ2n) is 4.91. The SMILES string of the molecule is N#Cc1ccc(OC[C@@H](O)Cn2nnn(-c3cccs3)c2=O)cc1. The molecule has 0 saturated heterocycles. The number of ether oxygens (including phenoxy) is 1. The summed E-state index contributed by atoms with van der Waals surface area (Å²) in [6.45, 7) is -0.0370. The maximum Gasteiger partial charge on any atom is 0.369 e. The molecule has 3 rings (SSSR count). The van der Waals surface area contributed by atoms with Gasteiger partial charge in [-0.25, -0.2) is 4.79 Å². The smallest absolute Gasteiger partial charge is 0.369 e. The lowest BCUT2D eigenvalue weighted by Gasteiger charge is -2.11. The van der Waals surface area contributed by atoms with Gasteiger partial charge in [-0.05, 0) is 52.2 Å². The zero-order chi connectivity index (χ0) is 16.9. The highest BCUT2D eigenvalue weighted by atomic mass is 32.1. The summed E-state index contributed by atoms with van der Waals surface area (Å²) in [5.41, 5.74) is 0.106. The Labute approximate surface area is 140 Å². The molecule has 0 amide bonds. The van der Waals surface area contributed by atoms with Gasteiger partial charge in [0.15, 0.2) is 0 Å². The minimum absolute atomic E-state index is 0.00972. The number of tetrazole rings is 1. The predicted molar refractivity (Wildman–Crippen MR) is 86.2 cm³/mol. The van der Waals surface area contributed by atoms with Crippen LogP contribution in [-0.2, 0) is 6.54 Å². The number of aliphatic hydroxyl groups excluding tert-OH is 1. The van der Waals surface area contributed by atoms with E-state index in [1.165, 1.54) is 16.0 Å². The van der Waals surface area contributed by atoms with Crippen LogP contribution in [0, 0.1) is 11.3 Å². The lowest BCUT2D eigenvalue weighted by Crippen LogP contribution is -2.31. The number of nitrogens with zero attached hydrogens (tertiary/aromatic N) is 5. The van der Waals surface area contributed by atoms with Crippen LogP contribution in [0.4, 0.5) is 0 Å². The average molecular weight is 343 g/mol. The van der Waals surface area contributed by atoms with E-state index in [1.807, 2.05) is 17.5 Å². The van der Waals surface area contributed by atoms with E-state index in [2.05, 4.69) is 10.4 Å². The van der Waals surface area contributed by atoms with Crippen molar-refractivity contribution in [1.29, 1.82) is 5.26 Å². The minimum atomic E-state index is -0.924. The molecular formula is C15H13N5O3S. The van der Waals surface area contributed by atoms with Gasteiger partial charge in [-0.3, -0.25) is 0 Å². The summed E-state index contributed by atoms with van der Waals surface area (Å²) in [6, 6.07) is 12.1. The summed E-state index contributed by atoms with van der Waals surface area (Å²) in [5.74, 6) is 0.530. The molecular weight excluding hydrogens is 330 g/mol. The monoisotopic (exact) mass is 343 g/mol. The highest BCUT2D eigenvalue weighted by Gasteiger charge is 2.14. The third-order valence-corrected chi connectivity index (χ3v) is 4.01. The molecule has 0 fully saturated rings. The number of benzene rings is 1. The molecule has 8 nitrogen and oxygen atoms in total. The molecule has 0 aliphatic rings. The van der Waals surface area contributed by atoms with Gasteiger partial charge in [0, 0.05) is 0 Å². The summed E-state index contributed by atoms with van der Waals surface area (Å²) in [5, 5.41) is 28.8. The Morgan fingerprint density at radius 1 is 1.29 bits per heavy atom. The summed E-state index contributed by atoms with van der Waals surface area (Å²) >= 11 is 1.37. The molecule has 9 heteroatoms. The number of hydrogen-bond donors (Lipinski definition) is 1. The zero-order valence-corrected chi connectivity index (χ0v) is 13.3. The van der Waals surface area contributed by atoms with E-state index in [0.717, 1.165) is 4.68 Å². The van der Waals surface area contributed by atoms with E-state index in [0.29, 0.717) is 16.3 Å². The first-order chi connectivity index (χ1) is 11.7. The van der Waals surface area contributed by atoms with Crippen molar-refractivity contribution < 1.29 is 9.84 Å². The molecule has 24 heavy (non-hydrogen) atoms. The minimum Gasteiger partial charge on any atom is -0.491 e. The number of aliphatic hydroxyl groups is 1. The Bertz CT molecular complexity index is 893. The van der Waals surface area contributed by atoms with Crippen LogP contribution in [0.2, 0.25) is 0 Å². The number of aromatic nitrogens is 4. The van der Waals surface area contributed by atoms with Gasteiger partial charge in [0.1, 0.15) is 23.5 Å². The van der Waals surface area contributed by atoms with Crippen LogP contribution in [0.15, 0.2) is 46.6 Å². The molecule has 0 bridgehead atoms. The molecule has 1 aromatic carbocycles. The summed E-state index contributed by atoms with van der Waals surface area (Å²) < 4.78 is 7.70. The lowest BCUT2D eigenvalue weighted by molar-refractivity contribution is 0.0879. The van der Waals surface area contributed by atoms with Crippen molar-refractivity contribution in [2.24, 2.45) is 0 Å². The maximum absolute atomic E-state index is 12.2. The van der Waals surface area contributed by atoms with E-state index in [-0.39, 0.29) is 13.2 Å². The van der Waals surface area contributed by atoms with Crippen LogP contribution in [0.5, 0.6) is 5.75 Å². The molecule has 0 spiro atoms. The molecule has 1 N–H and O–H groups in total. The first-order valence-corrected chi connectivity index (χ1v) is 7.93. The highest BCUT2D eigenvalue weighted by Crippen LogP contribution is 2.12. The molecule has 2 aromatic heterocycles. The summed E-state index contributed by atoms with van der Waals surface area (Å²) in [6.07, 6.45) is -0.924. The van der Waals surface area contributed by atoms with Crippen molar-refractivity contribution in [3.8, 4) is 16.8 Å². The lowest BCUT2D eigenvalue weighted by atomic mass is 10.2. The Kier molecular flexibility index (Phi) is 4.69. The summed E-state index contributed by atoms with van der Waals surface area (Å²) in [4.78, 5) is 12.2. The Hall–Kier alpha value is -2.96. The molecule has 122 valence electrons. The fourth-order valence-corrected chi connectivity index (χ4v) is 2.66. The number of nitriles is 1. The van der Waals surface area contributed by atoms with Gasteiger partial charge in [-0.15, -0.1) is 11.3 Å². The number of rotatable bonds is 6. The van der Waals surface area contributed by atoms with Crippen LogP contribution in [0.1, 0.15) is 5.56 Å². The zero-order valence-electron chi connectivity index (χ0n) is 12.4. The van der Waals surface area contributed by atoms with Crippen LogP contribution in [0.25, 0.3) is 5.00 Å². The Morgan fingerprint density at radius 3 is 2.75 bits per heavy atom. The summed E-state index contributed by atoms with van der Waals surface area (Å²) in [7, 11) is 0. The van der Waals surface area contributed by atoms with E-state index >= 15 is 0 Å². The van der Waals surface area contributed by atoms with E-state index in [1.54, 1.807) is 30.3 Å². The molecule has 0 aliphatic carbocycles. The second kappa shape index (κ2) is 7.08. The molecule has 0 aliphatic heterocycles. The normalized spacial score (nSPS) is 11.8. The van der Waals surface area contributed by atoms with Gasteiger partial charge in [-0.2, -0.15) is 14.6 Å². The van der Waals surface area contributed by atoms with Crippen molar-refractivity contribution in [3.05, 3.63) is 57.8 Å². The first-order valence-electron chi connectivity index (χ1n) is 7.05. The number of hydrogen-bond acceptors (Lipinski definition) is 7. The van der Waals surface area contributed by atoms with E-state index < -0.39 is 11.8 Å². The van der Waals surface area contributed by atoms with Crippen LogP contribution >= 0.6 is 11.3 Å². The largest absolute Gasteiger partial charge is 0.491 e. The van der Waals surface area contributed by atoms with Crippen molar-refractivity contribution in [3.63, 3.8) is 0 Å². The van der Waals surface area contributed by atoms with E-state index in [4.69, 9.17) is 10.00 Å². The average Bonchev–Trinajstić information content (AvgIpc) is 3.24. The standard InChI is InChI=1S/C15H13N5O3S/c16-8-11-3-5-13(6-4-11)23-10-12(21)9-19-15(22)20(18-17-19)14-2-1-7-24-14/h1-7,12,21H,9-10H2/t12-/m0/s1. The third kappa shape index (κ3) is 3.51. The van der Waals surface area contributed by atoms with Crippen molar-refractivity contribution in [2.75, 3.05) is 6.61 Å². The fraction of sp³-hybridized carbons (Fsp3) is 0.200. The topological polar surface area (TPSA) is 106 Å². The Balaban J connectivity index is 1.60. The molecule has 0 radical (unpaired) electrons. The second-order valence-corrected chi connectivity index (χ2v) is 5.83. The third-order valence-electron chi connectivity index (χ3n) is 3.16. The van der Waals surface area contributed by atoms with Gasteiger partial charge in [0.05, 0.1) is 18.2 Å². The Morgan fingerprint density at radius 2 is 2.08 bits per heavy atom. The van der Waals surface area contributed by atoms with Gasteiger partial charge < -0.3 is 9.84 Å². The maximum atomic E-state index is 12.2. The van der Waals surface area contributed by atoms with Crippen LogP contribution in [0.3, 0.4) is 0 Å². The van der Waals surface area contributed by atoms with Gasteiger partial charge in [0.25, 0.3) is 0 Å². The first kappa shape index (κ1) is 15.9. The van der Waals surface area contributed by atoms with Crippen LogP contribution in [-0.4, -0.2) is 37.6 Å². The van der Waals surface area contributed by atoms with Gasteiger partial charge in [0.2, 0.25) is 0 Å². The van der Waals surface area contributed by atoms with Crippen molar-refractivity contribution in [2.45, 2.75) is 12.6 Å². The van der Waals surface area contributed by atoms with E-state index in [9.17, 15) is 9.90 Å². The predicted octanol–water partition coefficient (Wildman–Crippen LogP) is 0.802.